The summed E-state index contributed by atoms with van der Waals surface area (Å²) in [6.07, 6.45) is 3.61. The van der Waals surface area contributed by atoms with E-state index in [1.807, 2.05) is 32.3 Å². The van der Waals surface area contributed by atoms with E-state index in [1.54, 1.807) is 45.7 Å². The molecule has 0 saturated heterocycles. The lowest BCUT2D eigenvalue weighted by molar-refractivity contribution is 0.0777. The van der Waals surface area contributed by atoms with Crippen LogP contribution < -0.4 is 4.74 Å². The second kappa shape index (κ2) is 7.61. The van der Waals surface area contributed by atoms with Crippen molar-refractivity contribution in [2.45, 2.75) is 20.2 Å². The van der Waals surface area contributed by atoms with Crippen LogP contribution in [0.4, 0.5) is 0 Å². The molecule has 3 rings (SSSR count). The molecule has 2 aromatic heterocycles. The van der Waals surface area contributed by atoms with E-state index in [4.69, 9.17) is 16.3 Å². The number of carbonyl (C=O) groups excluding carboxylic acids is 1. The summed E-state index contributed by atoms with van der Waals surface area (Å²) in [7, 11) is 3.60. The molecule has 0 aliphatic rings. The highest BCUT2D eigenvalue weighted by Crippen LogP contribution is 2.23. The number of para-hydroxylation sites is 1. The molecule has 0 aliphatic heterocycles. The van der Waals surface area contributed by atoms with Crippen LogP contribution in [0.25, 0.3) is 0 Å². The number of rotatable bonds is 6. The molecule has 0 aliphatic carbocycles. The molecule has 1 amide bonds. The first-order valence-corrected chi connectivity index (χ1v) is 8.47. The summed E-state index contributed by atoms with van der Waals surface area (Å²) >= 11 is 6.06. The maximum atomic E-state index is 12.6. The number of ether oxygens (including phenoxy) is 1. The largest absolute Gasteiger partial charge is 0.470 e. The van der Waals surface area contributed by atoms with Crippen molar-refractivity contribution in [3.8, 4) is 5.75 Å². The molecule has 0 fully saturated rings. The number of carbonyl (C=O) groups is 1. The minimum Gasteiger partial charge on any atom is -0.470 e. The Kier molecular flexibility index (Phi) is 5.27. The van der Waals surface area contributed by atoms with Crippen molar-refractivity contribution in [3.05, 3.63) is 64.7 Å². The molecule has 1 aromatic carbocycles. The minimum atomic E-state index is -0.162. The maximum absolute atomic E-state index is 12.6. The molecule has 26 heavy (non-hydrogen) atoms. The van der Waals surface area contributed by atoms with Gasteiger partial charge in [0.25, 0.3) is 5.91 Å². The van der Waals surface area contributed by atoms with E-state index < -0.39 is 0 Å². The molecule has 8 heteroatoms. The second-order valence-electron chi connectivity index (χ2n) is 6.02. The van der Waals surface area contributed by atoms with Gasteiger partial charge in [0, 0.05) is 38.6 Å². The van der Waals surface area contributed by atoms with Crippen LogP contribution in [0.1, 0.15) is 21.7 Å². The van der Waals surface area contributed by atoms with Gasteiger partial charge in [0.2, 0.25) is 0 Å². The fraction of sp³-hybridized carbons (Fsp3) is 0.278. The average molecular weight is 374 g/mol. The van der Waals surface area contributed by atoms with Gasteiger partial charge in [0.1, 0.15) is 5.75 Å². The van der Waals surface area contributed by atoms with Crippen LogP contribution in [-0.4, -0.2) is 37.4 Å². The van der Waals surface area contributed by atoms with Crippen molar-refractivity contribution < 1.29 is 9.53 Å². The van der Waals surface area contributed by atoms with Crippen LogP contribution in [0.3, 0.4) is 0 Å². The van der Waals surface area contributed by atoms with E-state index >= 15 is 0 Å². The van der Waals surface area contributed by atoms with Crippen LogP contribution in [0.2, 0.25) is 5.02 Å². The van der Waals surface area contributed by atoms with Gasteiger partial charge in [-0.15, -0.1) is 0 Å². The Balaban J connectivity index is 1.62. The van der Waals surface area contributed by atoms with Gasteiger partial charge < -0.3 is 9.64 Å². The fourth-order valence-corrected chi connectivity index (χ4v) is 2.76. The predicted molar refractivity (Wildman–Crippen MR) is 98.0 cm³/mol. The number of hydrogen-bond acceptors (Lipinski definition) is 4. The predicted octanol–water partition coefficient (Wildman–Crippen LogP) is 2.89. The number of aryl methyl sites for hydroxylation is 2. The molecule has 3 aromatic rings. The maximum Gasteiger partial charge on any atom is 0.274 e. The van der Waals surface area contributed by atoms with Crippen molar-refractivity contribution in [2.24, 2.45) is 7.05 Å². The minimum absolute atomic E-state index is 0.162. The van der Waals surface area contributed by atoms with Crippen LogP contribution in [0.5, 0.6) is 5.75 Å². The Bertz CT molecular complexity index is 918. The molecule has 7 nitrogen and oxygen atoms in total. The molecular formula is C18H20ClN5O2. The normalized spacial score (nSPS) is 10.8. The highest BCUT2D eigenvalue weighted by molar-refractivity contribution is 6.32. The molecule has 0 atom stereocenters. The second-order valence-corrected chi connectivity index (χ2v) is 6.43. The Labute approximate surface area is 156 Å². The zero-order valence-corrected chi connectivity index (χ0v) is 15.6. The summed E-state index contributed by atoms with van der Waals surface area (Å²) < 4.78 is 8.92. The van der Waals surface area contributed by atoms with Crippen molar-refractivity contribution in [1.29, 1.82) is 0 Å². The monoisotopic (exact) mass is 373 g/mol. The van der Waals surface area contributed by atoms with E-state index in [0.717, 1.165) is 11.3 Å². The Morgan fingerprint density at radius 2 is 2.04 bits per heavy atom. The number of benzene rings is 1. The van der Waals surface area contributed by atoms with Gasteiger partial charge in [-0.25, -0.2) is 4.68 Å². The number of nitrogens with zero attached hydrogens (tertiary/aromatic N) is 5. The topological polar surface area (TPSA) is 65.2 Å². The van der Waals surface area contributed by atoms with Crippen LogP contribution in [0, 0.1) is 6.92 Å². The van der Waals surface area contributed by atoms with Crippen LogP contribution >= 0.6 is 11.6 Å². The summed E-state index contributed by atoms with van der Waals surface area (Å²) in [5.74, 6) is 0.409. The van der Waals surface area contributed by atoms with Crippen molar-refractivity contribution in [2.75, 3.05) is 7.05 Å². The van der Waals surface area contributed by atoms with E-state index in [2.05, 4.69) is 10.2 Å². The number of amides is 1. The quantitative estimate of drug-likeness (QED) is 0.666. The molecule has 2 heterocycles. The average Bonchev–Trinajstić information content (AvgIpc) is 3.20. The Hall–Kier alpha value is -2.80. The summed E-state index contributed by atoms with van der Waals surface area (Å²) in [5, 5.41) is 9.10. The van der Waals surface area contributed by atoms with Crippen LogP contribution in [-0.2, 0) is 20.3 Å². The molecule has 0 N–H and O–H groups in total. The van der Waals surface area contributed by atoms with E-state index in [-0.39, 0.29) is 12.6 Å². The first-order chi connectivity index (χ1) is 12.4. The fourth-order valence-electron chi connectivity index (χ4n) is 2.57. The van der Waals surface area contributed by atoms with E-state index in [0.29, 0.717) is 23.0 Å². The molecule has 136 valence electrons. The molecular weight excluding hydrogens is 354 g/mol. The summed E-state index contributed by atoms with van der Waals surface area (Å²) in [6, 6.07) is 8.88. The Morgan fingerprint density at radius 3 is 2.73 bits per heavy atom. The van der Waals surface area contributed by atoms with Crippen molar-refractivity contribution in [3.63, 3.8) is 0 Å². The lowest BCUT2D eigenvalue weighted by Gasteiger charge is -2.15. The summed E-state index contributed by atoms with van der Waals surface area (Å²) in [4.78, 5) is 14.2. The molecule has 0 bridgehead atoms. The van der Waals surface area contributed by atoms with E-state index in [1.165, 1.54) is 0 Å². The smallest absolute Gasteiger partial charge is 0.274 e. The zero-order valence-electron chi connectivity index (χ0n) is 14.9. The number of hydrogen-bond donors (Lipinski definition) is 0. The van der Waals surface area contributed by atoms with E-state index in [9.17, 15) is 4.79 Å². The first-order valence-electron chi connectivity index (χ1n) is 8.09. The van der Waals surface area contributed by atoms with Gasteiger partial charge in [-0.2, -0.15) is 10.2 Å². The highest BCUT2D eigenvalue weighted by Gasteiger charge is 2.17. The van der Waals surface area contributed by atoms with Gasteiger partial charge in [0.15, 0.2) is 12.4 Å². The van der Waals surface area contributed by atoms with Gasteiger partial charge in [-0.05, 0) is 25.1 Å². The van der Waals surface area contributed by atoms with Crippen LogP contribution in [0.15, 0.2) is 42.7 Å². The molecule has 0 unspecified atom stereocenters. The third-order valence-electron chi connectivity index (χ3n) is 3.92. The van der Waals surface area contributed by atoms with Crippen molar-refractivity contribution >= 4 is 17.5 Å². The van der Waals surface area contributed by atoms with Gasteiger partial charge in [0.05, 0.1) is 10.7 Å². The molecule has 0 radical (unpaired) electrons. The van der Waals surface area contributed by atoms with Gasteiger partial charge in [-0.3, -0.25) is 9.48 Å². The first kappa shape index (κ1) is 18.0. The Morgan fingerprint density at radius 1 is 1.27 bits per heavy atom. The summed E-state index contributed by atoms with van der Waals surface area (Å²) in [6.45, 7) is 2.57. The third kappa shape index (κ3) is 4.05. The third-order valence-corrected chi connectivity index (χ3v) is 4.23. The SMILES string of the molecule is Cc1nn(C)cc1CN(C)C(=O)c1ccn(COc2ccccc2Cl)n1. The number of aromatic nitrogens is 4. The lowest BCUT2D eigenvalue weighted by Crippen LogP contribution is -2.27. The lowest BCUT2D eigenvalue weighted by atomic mass is 10.2. The summed E-state index contributed by atoms with van der Waals surface area (Å²) in [5.41, 5.74) is 2.27. The van der Waals surface area contributed by atoms with Gasteiger partial charge >= 0.3 is 0 Å². The van der Waals surface area contributed by atoms with Crippen molar-refractivity contribution in [1.82, 2.24) is 24.5 Å². The molecule has 0 saturated carbocycles. The number of halogens is 1. The standard InChI is InChI=1S/C18H20ClN5O2/c1-13-14(11-23(3)20-13)10-22(2)18(25)16-8-9-24(21-16)12-26-17-7-5-4-6-15(17)19/h4-9,11H,10,12H2,1-3H3. The zero-order chi connectivity index (χ0) is 18.7. The highest BCUT2D eigenvalue weighted by atomic mass is 35.5. The van der Waals surface area contributed by atoms with Gasteiger partial charge in [-0.1, -0.05) is 23.7 Å². The molecule has 0 spiro atoms.